The largest absolute Gasteiger partial charge is 0.367 e. The molecule has 0 spiro atoms. The maximum Gasteiger partial charge on any atom is 0.206 e. The molecule has 1 aliphatic rings. The second kappa shape index (κ2) is 8.56. The zero-order valence-corrected chi connectivity index (χ0v) is 19.2. The minimum Gasteiger partial charge on any atom is -0.367 e. The molecule has 0 amide bonds. The summed E-state index contributed by atoms with van der Waals surface area (Å²) in [5, 5.41) is 6.90. The molecule has 0 bridgehead atoms. The van der Waals surface area contributed by atoms with E-state index in [1.165, 1.54) is 23.5 Å². The van der Waals surface area contributed by atoms with Crippen molar-refractivity contribution in [2.45, 2.75) is 35.6 Å². The van der Waals surface area contributed by atoms with E-state index in [9.17, 15) is 16.8 Å². The van der Waals surface area contributed by atoms with E-state index in [1.54, 1.807) is 36.5 Å². The van der Waals surface area contributed by atoms with E-state index in [0.717, 1.165) is 4.88 Å². The number of thiazole rings is 1. The van der Waals surface area contributed by atoms with Crippen molar-refractivity contribution < 1.29 is 16.8 Å². The molecule has 1 aromatic carbocycles. The van der Waals surface area contributed by atoms with Crippen molar-refractivity contribution in [3.63, 3.8) is 0 Å². The van der Waals surface area contributed by atoms with Crippen molar-refractivity contribution in [1.29, 1.82) is 0 Å². The van der Waals surface area contributed by atoms with Crippen molar-refractivity contribution in [1.82, 2.24) is 9.97 Å². The lowest BCUT2D eigenvalue weighted by atomic mass is 10.1. The molecule has 8 nitrogen and oxygen atoms in total. The fourth-order valence-corrected chi connectivity index (χ4v) is 6.78. The van der Waals surface area contributed by atoms with Crippen LogP contribution in [0.4, 0.5) is 16.8 Å². The molecule has 0 unspecified atom stereocenters. The van der Waals surface area contributed by atoms with E-state index in [1.807, 2.05) is 6.92 Å². The molecule has 2 N–H and O–H groups in total. The predicted molar refractivity (Wildman–Crippen MR) is 122 cm³/mol. The highest BCUT2D eigenvalue weighted by atomic mass is 32.2. The van der Waals surface area contributed by atoms with Crippen molar-refractivity contribution in [2.75, 3.05) is 22.1 Å². The fraction of sp³-hybridized carbons (Fsp3) is 0.300. The Kier molecular flexibility index (Phi) is 6.00. The van der Waals surface area contributed by atoms with Gasteiger partial charge in [-0.05, 0) is 38.0 Å². The first-order valence-electron chi connectivity index (χ1n) is 9.70. The number of nitrogens with one attached hydrogen (secondary N) is 2. The first-order chi connectivity index (χ1) is 14.7. The highest BCUT2D eigenvalue weighted by molar-refractivity contribution is 7.91. The summed E-state index contributed by atoms with van der Waals surface area (Å²) in [6.45, 7) is 1.93. The molecule has 31 heavy (non-hydrogen) atoms. The van der Waals surface area contributed by atoms with E-state index in [2.05, 4.69) is 20.6 Å². The summed E-state index contributed by atoms with van der Waals surface area (Å²) in [5.74, 6) is 0.932. The number of rotatable bonds is 6. The third-order valence-corrected chi connectivity index (χ3v) is 9.22. The van der Waals surface area contributed by atoms with Crippen LogP contribution in [-0.2, 0) is 19.7 Å². The Bertz CT molecular complexity index is 1270. The van der Waals surface area contributed by atoms with E-state index in [-0.39, 0.29) is 27.3 Å². The lowest BCUT2D eigenvalue weighted by Crippen LogP contribution is -2.32. The van der Waals surface area contributed by atoms with Crippen LogP contribution in [0.3, 0.4) is 0 Å². The van der Waals surface area contributed by atoms with Gasteiger partial charge in [-0.15, -0.1) is 11.3 Å². The molecule has 1 saturated heterocycles. The van der Waals surface area contributed by atoms with Gasteiger partial charge in [0.25, 0.3) is 0 Å². The lowest BCUT2D eigenvalue weighted by molar-refractivity contribution is 0.559. The molecule has 1 fully saturated rings. The second-order valence-corrected chi connectivity index (χ2v) is 12.8. The molecule has 0 saturated carbocycles. The smallest absolute Gasteiger partial charge is 0.206 e. The van der Waals surface area contributed by atoms with Crippen molar-refractivity contribution in [3.05, 3.63) is 53.5 Å². The molecule has 0 atom stereocenters. The quantitative estimate of drug-likeness (QED) is 0.553. The topological polar surface area (TPSA) is 118 Å². The standard InChI is InChI=1S/C20H22N4O4S3/c1-14-13-21-20(29-14)24-19-12-17(31(27,28)16-5-3-2-4-6-16)11-18(23-19)22-15-7-9-30(25,26)10-8-15/h2-6,11-13,15H,7-10H2,1H3,(H2,21,22,23,24). The van der Waals surface area contributed by atoms with Gasteiger partial charge in [-0.3, -0.25) is 0 Å². The third-order valence-electron chi connectivity index (χ3n) is 4.93. The molecule has 164 valence electrons. The van der Waals surface area contributed by atoms with Crippen LogP contribution in [0.5, 0.6) is 0 Å². The first kappa shape index (κ1) is 21.7. The summed E-state index contributed by atoms with van der Waals surface area (Å²) >= 11 is 1.43. The van der Waals surface area contributed by atoms with Crippen LogP contribution in [0.25, 0.3) is 0 Å². The molecule has 3 heterocycles. The van der Waals surface area contributed by atoms with Crippen LogP contribution < -0.4 is 10.6 Å². The Hall–Kier alpha value is -2.50. The summed E-state index contributed by atoms with van der Waals surface area (Å²) in [6.07, 6.45) is 2.63. The average molecular weight is 479 g/mol. The van der Waals surface area contributed by atoms with Crippen LogP contribution in [0.1, 0.15) is 17.7 Å². The Morgan fingerprint density at radius 3 is 2.35 bits per heavy atom. The Balaban J connectivity index is 1.68. The number of benzene rings is 1. The van der Waals surface area contributed by atoms with Gasteiger partial charge in [0.15, 0.2) is 5.13 Å². The zero-order valence-electron chi connectivity index (χ0n) is 16.8. The molecule has 11 heteroatoms. The van der Waals surface area contributed by atoms with E-state index in [0.29, 0.717) is 29.6 Å². The van der Waals surface area contributed by atoms with Gasteiger partial charge in [-0.1, -0.05) is 18.2 Å². The van der Waals surface area contributed by atoms with Crippen molar-refractivity contribution >= 4 is 47.8 Å². The average Bonchev–Trinajstić information content (AvgIpc) is 3.14. The van der Waals surface area contributed by atoms with Gasteiger partial charge < -0.3 is 10.6 Å². The summed E-state index contributed by atoms with van der Waals surface area (Å²) in [4.78, 5) is 10.1. The zero-order chi connectivity index (χ0) is 22.1. The van der Waals surface area contributed by atoms with Gasteiger partial charge in [-0.25, -0.2) is 26.8 Å². The van der Waals surface area contributed by atoms with Crippen molar-refractivity contribution in [2.24, 2.45) is 0 Å². The van der Waals surface area contributed by atoms with Gasteiger partial charge in [0, 0.05) is 23.2 Å². The number of sulfone groups is 2. The number of hydrogen-bond donors (Lipinski definition) is 2. The minimum atomic E-state index is -3.76. The summed E-state index contributed by atoms with van der Waals surface area (Å²) in [5.41, 5.74) is 0. The maximum atomic E-state index is 13.2. The summed E-state index contributed by atoms with van der Waals surface area (Å²) < 4.78 is 49.8. The fourth-order valence-electron chi connectivity index (χ4n) is 3.30. The van der Waals surface area contributed by atoms with Crippen LogP contribution in [0.15, 0.2) is 58.5 Å². The monoisotopic (exact) mass is 478 g/mol. The molecular formula is C20H22N4O4S3. The van der Waals surface area contributed by atoms with Gasteiger partial charge >= 0.3 is 0 Å². The molecule has 3 aromatic rings. The summed E-state index contributed by atoms with van der Waals surface area (Å²) in [7, 11) is -6.76. The van der Waals surface area contributed by atoms with Gasteiger partial charge in [0.05, 0.1) is 21.3 Å². The number of anilines is 3. The van der Waals surface area contributed by atoms with Crippen molar-refractivity contribution in [3.8, 4) is 0 Å². The SMILES string of the molecule is Cc1cnc(Nc2cc(S(=O)(=O)c3ccccc3)cc(NC3CCS(=O)(=O)CC3)n2)s1. The number of aromatic nitrogens is 2. The number of hydrogen-bond acceptors (Lipinski definition) is 9. The maximum absolute atomic E-state index is 13.2. The molecule has 4 rings (SSSR count). The van der Waals surface area contributed by atoms with Crippen LogP contribution >= 0.6 is 11.3 Å². The number of pyridine rings is 1. The Morgan fingerprint density at radius 2 is 1.71 bits per heavy atom. The normalized spacial score (nSPS) is 16.7. The van der Waals surface area contributed by atoms with E-state index in [4.69, 9.17) is 0 Å². The number of aryl methyl sites for hydroxylation is 1. The minimum absolute atomic E-state index is 0.0930. The van der Waals surface area contributed by atoms with Crippen LogP contribution in [-0.4, -0.2) is 44.4 Å². The second-order valence-electron chi connectivity index (χ2n) is 7.36. The van der Waals surface area contributed by atoms with Gasteiger partial charge in [0.2, 0.25) is 9.84 Å². The van der Waals surface area contributed by atoms with Gasteiger partial charge in [0.1, 0.15) is 21.5 Å². The predicted octanol–water partition coefficient (Wildman–Crippen LogP) is 3.41. The molecule has 2 aromatic heterocycles. The van der Waals surface area contributed by atoms with E-state index >= 15 is 0 Å². The van der Waals surface area contributed by atoms with Gasteiger partial charge in [-0.2, -0.15) is 0 Å². The highest BCUT2D eigenvalue weighted by Gasteiger charge is 2.25. The Morgan fingerprint density at radius 1 is 1.03 bits per heavy atom. The molecule has 1 aliphatic heterocycles. The van der Waals surface area contributed by atoms with Crippen LogP contribution in [0, 0.1) is 6.92 Å². The first-order valence-corrected chi connectivity index (χ1v) is 13.8. The molecular weight excluding hydrogens is 456 g/mol. The van der Waals surface area contributed by atoms with Crippen LogP contribution in [0.2, 0.25) is 0 Å². The lowest BCUT2D eigenvalue weighted by Gasteiger charge is -2.24. The number of nitrogens with zero attached hydrogens (tertiary/aromatic N) is 2. The molecule has 0 aliphatic carbocycles. The molecule has 0 radical (unpaired) electrons. The summed E-state index contributed by atoms with van der Waals surface area (Å²) in [6, 6.07) is 11.1. The third kappa shape index (κ3) is 5.23. The highest BCUT2D eigenvalue weighted by Crippen LogP contribution is 2.29. The Labute approximate surface area is 185 Å². The van der Waals surface area contributed by atoms with E-state index < -0.39 is 19.7 Å².